The van der Waals surface area contributed by atoms with Crippen molar-refractivity contribution in [2.75, 3.05) is 19.4 Å². The minimum absolute atomic E-state index is 0.0771. The van der Waals surface area contributed by atoms with Crippen molar-refractivity contribution in [3.8, 4) is 5.69 Å². The van der Waals surface area contributed by atoms with Crippen molar-refractivity contribution in [2.24, 2.45) is 0 Å². The standard InChI is InChI=1S/C23H30N4O4S/c1-15-21(16(2)27(25-15)18-10-6-5-7-11-18)22-26(20(29)14-32-22)13-9-8-12-19(23(30)31-4)24-17(3)28/h5-7,10-11,19,22H,8-9,12-14H2,1-4H3,(H,24,28). The number of nitrogens with zero attached hydrogens (tertiary/aromatic N) is 3. The largest absolute Gasteiger partial charge is 0.467 e. The Balaban J connectivity index is 1.68. The van der Waals surface area contributed by atoms with E-state index in [1.165, 1.54) is 14.0 Å². The molecule has 0 aliphatic carbocycles. The smallest absolute Gasteiger partial charge is 0.328 e. The highest BCUT2D eigenvalue weighted by Crippen LogP contribution is 2.41. The van der Waals surface area contributed by atoms with E-state index in [0.29, 0.717) is 25.1 Å². The minimum atomic E-state index is -0.662. The van der Waals surface area contributed by atoms with Crippen molar-refractivity contribution < 1.29 is 19.1 Å². The number of aryl methyl sites for hydroxylation is 1. The van der Waals surface area contributed by atoms with E-state index in [9.17, 15) is 14.4 Å². The molecule has 9 heteroatoms. The molecule has 3 rings (SSSR count). The van der Waals surface area contributed by atoms with E-state index >= 15 is 0 Å². The highest BCUT2D eigenvalue weighted by Gasteiger charge is 2.36. The molecule has 1 aromatic heterocycles. The number of rotatable bonds is 9. The second-order valence-electron chi connectivity index (χ2n) is 7.85. The molecule has 0 spiro atoms. The van der Waals surface area contributed by atoms with Gasteiger partial charge < -0.3 is 15.0 Å². The second kappa shape index (κ2) is 10.7. The summed E-state index contributed by atoms with van der Waals surface area (Å²) < 4.78 is 6.70. The predicted octanol–water partition coefficient (Wildman–Crippen LogP) is 2.91. The summed E-state index contributed by atoms with van der Waals surface area (Å²) in [6.07, 6.45) is 1.87. The topological polar surface area (TPSA) is 93.5 Å². The van der Waals surface area contributed by atoms with Crippen LogP contribution in [0.1, 0.15) is 48.5 Å². The number of para-hydroxylation sites is 1. The van der Waals surface area contributed by atoms with E-state index in [1.807, 2.05) is 53.8 Å². The Kier molecular flexibility index (Phi) is 7.95. The van der Waals surface area contributed by atoms with Gasteiger partial charge in [0.1, 0.15) is 11.4 Å². The fourth-order valence-electron chi connectivity index (χ4n) is 4.03. The zero-order chi connectivity index (χ0) is 23.3. The zero-order valence-corrected chi connectivity index (χ0v) is 19.8. The molecule has 32 heavy (non-hydrogen) atoms. The summed E-state index contributed by atoms with van der Waals surface area (Å²) in [7, 11) is 1.31. The van der Waals surface area contributed by atoms with Gasteiger partial charge in [-0.3, -0.25) is 9.59 Å². The molecular formula is C23H30N4O4S. The number of unbranched alkanes of at least 4 members (excludes halogenated alkanes) is 1. The monoisotopic (exact) mass is 458 g/mol. The molecule has 1 saturated heterocycles. The highest BCUT2D eigenvalue weighted by molar-refractivity contribution is 8.00. The molecule has 8 nitrogen and oxygen atoms in total. The lowest BCUT2D eigenvalue weighted by molar-refractivity contribution is -0.145. The lowest BCUT2D eigenvalue weighted by atomic mass is 10.1. The number of amides is 2. The number of carbonyl (C=O) groups excluding carboxylic acids is 3. The van der Waals surface area contributed by atoms with E-state index in [2.05, 4.69) is 5.32 Å². The number of methoxy groups -OCH3 is 1. The van der Waals surface area contributed by atoms with Gasteiger partial charge in [-0.1, -0.05) is 18.2 Å². The van der Waals surface area contributed by atoms with Crippen molar-refractivity contribution in [1.82, 2.24) is 20.0 Å². The van der Waals surface area contributed by atoms with Gasteiger partial charge in [-0.2, -0.15) is 5.10 Å². The molecule has 2 atom stereocenters. The maximum atomic E-state index is 12.6. The van der Waals surface area contributed by atoms with Crippen LogP contribution in [0.15, 0.2) is 30.3 Å². The lowest BCUT2D eigenvalue weighted by Gasteiger charge is -2.25. The molecule has 0 saturated carbocycles. The quantitative estimate of drug-likeness (QED) is 0.459. The normalized spacial score (nSPS) is 16.8. The molecule has 2 heterocycles. The SMILES string of the molecule is COC(=O)C(CCCCN1C(=O)CSC1c1c(C)nn(-c2ccccc2)c1C)NC(C)=O. The molecule has 172 valence electrons. The molecule has 1 aliphatic rings. The van der Waals surface area contributed by atoms with Crippen molar-refractivity contribution >= 4 is 29.5 Å². The van der Waals surface area contributed by atoms with Gasteiger partial charge in [-0.05, 0) is 45.2 Å². The average molecular weight is 459 g/mol. The first-order chi connectivity index (χ1) is 15.3. The summed E-state index contributed by atoms with van der Waals surface area (Å²) >= 11 is 1.62. The van der Waals surface area contributed by atoms with Crippen LogP contribution in [0.25, 0.3) is 5.69 Å². The van der Waals surface area contributed by atoms with Gasteiger partial charge in [0.05, 0.1) is 24.2 Å². The van der Waals surface area contributed by atoms with Crippen molar-refractivity contribution in [1.29, 1.82) is 0 Å². The van der Waals surface area contributed by atoms with Crippen LogP contribution in [0.4, 0.5) is 0 Å². The van der Waals surface area contributed by atoms with Crippen LogP contribution in [-0.4, -0.2) is 57.9 Å². The van der Waals surface area contributed by atoms with Crippen molar-refractivity contribution in [3.05, 3.63) is 47.3 Å². The Morgan fingerprint density at radius 3 is 2.62 bits per heavy atom. The van der Waals surface area contributed by atoms with Crippen LogP contribution >= 0.6 is 11.8 Å². The third-order valence-corrected chi connectivity index (χ3v) is 6.79. The van der Waals surface area contributed by atoms with E-state index < -0.39 is 12.0 Å². The number of thioether (sulfide) groups is 1. The van der Waals surface area contributed by atoms with E-state index in [0.717, 1.165) is 29.1 Å². The van der Waals surface area contributed by atoms with Crippen LogP contribution in [0.5, 0.6) is 0 Å². The fraction of sp³-hybridized carbons (Fsp3) is 0.478. The van der Waals surface area contributed by atoms with Crippen LogP contribution in [0.2, 0.25) is 0 Å². The highest BCUT2D eigenvalue weighted by atomic mass is 32.2. The van der Waals surface area contributed by atoms with Gasteiger partial charge >= 0.3 is 5.97 Å². The van der Waals surface area contributed by atoms with Gasteiger partial charge in [0.2, 0.25) is 11.8 Å². The molecule has 1 aromatic carbocycles. The first-order valence-electron chi connectivity index (χ1n) is 10.7. The summed E-state index contributed by atoms with van der Waals surface area (Å²) in [5, 5.41) is 7.28. The molecule has 0 bridgehead atoms. The van der Waals surface area contributed by atoms with Gasteiger partial charge in [0, 0.05) is 24.7 Å². The van der Waals surface area contributed by atoms with E-state index in [1.54, 1.807) is 11.8 Å². The Bertz CT molecular complexity index is 976. The van der Waals surface area contributed by atoms with Crippen LogP contribution < -0.4 is 5.32 Å². The molecular weight excluding hydrogens is 428 g/mol. The lowest BCUT2D eigenvalue weighted by Crippen LogP contribution is -2.40. The predicted molar refractivity (Wildman–Crippen MR) is 123 cm³/mol. The van der Waals surface area contributed by atoms with Gasteiger partial charge in [0.25, 0.3) is 0 Å². The van der Waals surface area contributed by atoms with Crippen molar-refractivity contribution in [3.63, 3.8) is 0 Å². The molecule has 1 fully saturated rings. The first-order valence-corrected chi connectivity index (χ1v) is 11.8. The number of aromatic nitrogens is 2. The van der Waals surface area contributed by atoms with E-state index in [-0.39, 0.29) is 17.2 Å². The molecule has 2 aromatic rings. The van der Waals surface area contributed by atoms with Gasteiger partial charge in [0.15, 0.2) is 0 Å². The van der Waals surface area contributed by atoms with Crippen LogP contribution in [0, 0.1) is 13.8 Å². The van der Waals surface area contributed by atoms with Gasteiger partial charge in [-0.25, -0.2) is 9.48 Å². The molecule has 2 unspecified atom stereocenters. The molecule has 0 radical (unpaired) electrons. The number of ether oxygens (including phenoxy) is 1. The Hall–Kier alpha value is -2.81. The maximum Gasteiger partial charge on any atom is 0.328 e. The first kappa shape index (κ1) is 23.8. The third-order valence-electron chi connectivity index (χ3n) is 5.57. The zero-order valence-electron chi connectivity index (χ0n) is 19.0. The van der Waals surface area contributed by atoms with Crippen LogP contribution in [-0.2, 0) is 19.1 Å². The third kappa shape index (κ3) is 5.32. The minimum Gasteiger partial charge on any atom is -0.467 e. The average Bonchev–Trinajstić information content (AvgIpc) is 3.28. The summed E-state index contributed by atoms with van der Waals surface area (Å²) in [6.45, 7) is 5.98. The second-order valence-corrected chi connectivity index (χ2v) is 8.92. The fourth-order valence-corrected chi connectivity index (χ4v) is 5.41. The van der Waals surface area contributed by atoms with E-state index in [4.69, 9.17) is 9.84 Å². The summed E-state index contributed by atoms with van der Waals surface area (Å²) in [6, 6.07) is 9.30. The number of hydrogen-bond donors (Lipinski definition) is 1. The molecule has 1 N–H and O–H groups in total. The summed E-state index contributed by atoms with van der Waals surface area (Å²) in [4.78, 5) is 37.7. The van der Waals surface area contributed by atoms with Crippen molar-refractivity contribution in [2.45, 2.75) is 51.4 Å². The number of nitrogens with one attached hydrogen (secondary N) is 1. The summed E-state index contributed by atoms with van der Waals surface area (Å²) in [5.41, 5.74) is 4.02. The maximum absolute atomic E-state index is 12.6. The van der Waals surface area contributed by atoms with Crippen LogP contribution in [0.3, 0.4) is 0 Å². The number of carbonyl (C=O) groups is 3. The molecule has 2 amide bonds. The Morgan fingerprint density at radius 2 is 1.97 bits per heavy atom. The summed E-state index contributed by atoms with van der Waals surface area (Å²) in [5.74, 6) is -0.174. The Morgan fingerprint density at radius 1 is 1.25 bits per heavy atom. The number of benzene rings is 1. The molecule has 1 aliphatic heterocycles. The van der Waals surface area contributed by atoms with Gasteiger partial charge in [-0.15, -0.1) is 11.8 Å². The number of esters is 1. The number of hydrogen-bond acceptors (Lipinski definition) is 6. The Labute approximate surface area is 192 Å².